The van der Waals surface area contributed by atoms with Crippen LogP contribution in [0.5, 0.6) is 0 Å². The Bertz CT molecular complexity index is 276. The van der Waals surface area contributed by atoms with Gasteiger partial charge in [0.25, 0.3) is 0 Å². The minimum atomic E-state index is 1.02. The highest BCUT2D eigenvalue weighted by Gasteiger charge is 2.21. The highest BCUT2D eigenvalue weighted by Crippen LogP contribution is 2.36. The van der Waals surface area contributed by atoms with Crippen molar-refractivity contribution in [1.82, 2.24) is 0 Å². The van der Waals surface area contributed by atoms with E-state index in [1.807, 2.05) is 0 Å². The minimum absolute atomic E-state index is 1.02. The Hall–Kier alpha value is -0.260. The molecule has 2 rings (SSSR count). The molecule has 2 fully saturated rings. The smallest absolute Gasteiger partial charge is 0.0351 e. The van der Waals surface area contributed by atoms with Gasteiger partial charge in [-0.05, 0) is 36.5 Å². The maximum Gasteiger partial charge on any atom is -0.0351 e. The molecule has 0 spiro atoms. The van der Waals surface area contributed by atoms with Gasteiger partial charge < -0.3 is 0 Å². The molecule has 0 bridgehead atoms. The first-order valence-electron chi connectivity index (χ1n) is 10.4. The first-order valence-corrected chi connectivity index (χ1v) is 10.4. The molecule has 0 atom stereocenters. The van der Waals surface area contributed by atoms with Gasteiger partial charge in [-0.3, -0.25) is 0 Å². The molecule has 0 radical (unpaired) electrons. The molecule has 2 aliphatic rings. The maximum absolute atomic E-state index is 3.86. The Labute approximate surface area is 140 Å². The van der Waals surface area contributed by atoms with Crippen LogP contribution in [0, 0.1) is 23.7 Å². The van der Waals surface area contributed by atoms with E-state index in [0.29, 0.717) is 0 Å². The normalized spacial score (nSPS) is 32.8. The van der Waals surface area contributed by atoms with E-state index in [9.17, 15) is 0 Å². The molecule has 0 aromatic rings. The summed E-state index contributed by atoms with van der Waals surface area (Å²) in [6, 6.07) is 0. The van der Waals surface area contributed by atoms with Gasteiger partial charge in [0, 0.05) is 0 Å². The molecule has 0 heterocycles. The Morgan fingerprint density at radius 3 is 1.50 bits per heavy atom. The van der Waals surface area contributed by atoms with Gasteiger partial charge in [0.15, 0.2) is 0 Å². The summed E-state index contributed by atoms with van der Waals surface area (Å²) in [4.78, 5) is 0. The highest BCUT2D eigenvalue weighted by atomic mass is 14.3. The molecule has 0 saturated heterocycles. The van der Waals surface area contributed by atoms with Gasteiger partial charge >= 0.3 is 0 Å². The maximum atomic E-state index is 3.86. The summed E-state index contributed by atoms with van der Waals surface area (Å²) >= 11 is 0. The number of rotatable bonds is 9. The molecule has 0 aliphatic heterocycles. The van der Waals surface area contributed by atoms with Crippen LogP contribution in [0.15, 0.2) is 12.7 Å². The van der Waals surface area contributed by atoms with Crippen molar-refractivity contribution in [2.24, 2.45) is 23.7 Å². The molecule has 128 valence electrons. The van der Waals surface area contributed by atoms with Crippen LogP contribution in [0.25, 0.3) is 0 Å². The molecule has 0 nitrogen and oxygen atoms in total. The Morgan fingerprint density at radius 2 is 1.09 bits per heavy atom. The molecular weight excluding hydrogens is 264 g/mol. The van der Waals surface area contributed by atoms with Crippen molar-refractivity contribution in [3.05, 3.63) is 12.7 Å². The van der Waals surface area contributed by atoms with Crippen LogP contribution in [0.2, 0.25) is 0 Å². The van der Waals surface area contributed by atoms with Gasteiger partial charge in [-0.1, -0.05) is 96.5 Å². The molecule has 2 aliphatic carbocycles. The second kappa shape index (κ2) is 10.5. The first kappa shape index (κ1) is 18.1. The van der Waals surface area contributed by atoms with Crippen molar-refractivity contribution < 1.29 is 0 Å². The molecule has 0 unspecified atom stereocenters. The zero-order valence-corrected chi connectivity index (χ0v) is 15.2. The summed E-state index contributed by atoms with van der Waals surface area (Å²) in [6.07, 6.45) is 24.4. The van der Waals surface area contributed by atoms with Gasteiger partial charge in [-0.2, -0.15) is 0 Å². The van der Waals surface area contributed by atoms with Gasteiger partial charge in [0.05, 0.1) is 0 Å². The van der Waals surface area contributed by atoms with Crippen LogP contribution >= 0.6 is 0 Å². The third-order valence-electron chi connectivity index (χ3n) is 6.76. The second-order valence-electron chi connectivity index (χ2n) is 8.33. The third kappa shape index (κ3) is 6.47. The fraction of sp³-hybridized carbons (Fsp3) is 0.909. The molecule has 22 heavy (non-hydrogen) atoms. The van der Waals surface area contributed by atoms with E-state index in [1.165, 1.54) is 96.3 Å². The molecule has 0 amide bonds. The average molecular weight is 305 g/mol. The van der Waals surface area contributed by atoms with Crippen molar-refractivity contribution >= 4 is 0 Å². The van der Waals surface area contributed by atoms with Crippen molar-refractivity contribution in [2.75, 3.05) is 0 Å². The van der Waals surface area contributed by atoms with Crippen molar-refractivity contribution in [3.8, 4) is 0 Å². The van der Waals surface area contributed by atoms with Crippen molar-refractivity contribution in [3.63, 3.8) is 0 Å². The average Bonchev–Trinajstić information content (AvgIpc) is 2.58. The van der Waals surface area contributed by atoms with Crippen LogP contribution < -0.4 is 0 Å². The summed E-state index contributed by atoms with van der Waals surface area (Å²) in [5.74, 6) is 4.23. The highest BCUT2D eigenvalue weighted by molar-refractivity contribution is 4.76. The Kier molecular flexibility index (Phi) is 8.63. The molecule has 0 N–H and O–H groups in total. The van der Waals surface area contributed by atoms with Crippen LogP contribution in [-0.2, 0) is 0 Å². The minimum Gasteiger partial charge on any atom is -0.103 e. The van der Waals surface area contributed by atoms with E-state index in [4.69, 9.17) is 0 Å². The Balaban J connectivity index is 1.47. The second-order valence-corrected chi connectivity index (χ2v) is 8.33. The molecule has 0 heteroatoms. The van der Waals surface area contributed by atoms with Crippen LogP contribution in [0.3, 0.4) is 0 Å². The third-order valence-corrected chi connectivity index (χ3v) is 6.76. The zero-order valence-electron chi connectivity index (χ0n) is 15.2. The van der Waals surface area contributed by atoms with Crippen LogP contribution in [-0.4, -0.2) is 0 Å². The van der Waals surface area contributed by atoms with E-state index in [2.05, 4.69) is 19.6 Å². The quantitative estimate of drug-likeness (QED) is 0.305. The van der Waals surface area contributed by atoms with E-state index < -0.39 is 0 Å². The van der Waals surface area contributed by atoms with Crippen LogP contribution in [0.4, 0.5) is 0 Å². The summed E-state index contributed by atoms with van der Waals surface area (Å²) < 4.78 is 0. The van der Waals surface area contributed by atoms with Gasteiger partial charge in [-0.25, -0.2) is 0 Å². The SMILES string of the molecule is C=CCCC1CCC(CCCC[C@H]2CC[C@H](CC)CC2)CC1. The van der Waals surface area contributed by atoms with E-state index in [1.54, 1.807) is 0 Å². The van der Waals surface area contributed by atoms with Crippen LogP contribution in [0.1, 0.15) is 103 Å². The predicted octanol–water partition coefficient (Wildman–Crippen LogP) is 7.54. The van der Waals surface area contributed by atoms with Gasteiger partial charge in [0.1, 0.15) is 0 Å². The standard InChI is InChI=1S/C22H40/c1-3-5-8-20-15-17-22(18-16-20)10-7-6-9-21-13-11-19(4-2)12-14-21/h3,19-22H,1,4-18H2,2H3/t19-,20?,21-,22?. The largest absolute Gasteiger partial charge is 0.103 e. The summed E-state index contributed by atoms with van der Waals surface area (Å²) in [5.41, 5.74) is 0. The van der Waals surface area contributed by atoms with E-state index in [-0.39, 0.29) is 0 Å². The topological polar surface area (TPSA) is 0 Å². The lowest BCUT2D eigenvalue weighted by atomic mass is 9.77. The fourth-order valence-corrected chi connectivity index (χ4v) is 4.96. The first-order chi connectivity index (χ1) is 10.8. The number of hydrogen-bond acceptors (Lipinski definition) is 0. The van der Waals surface area contributed by atoms with Crippen molar-refractivity contribution in [2.45, 2.75) is 103 Å². The number of hydrogen-bond donors (Lipinski definition) is 0. The van der Waals surface area contributed by atoms with Gasteiger partial charge in [-0.15, -0.1) is 6.58 Å². The molecule has 0 aromatic carbocycles. The monoisotopic (exact) mass is 304 g/mol. The Morgan fingerprint density at radius 1 is 0.682 bits per heavy atom. The summed E-state index contributed by atoms with van der Waals surface area (Å²) in [7, 11) is 0. The van der Waals surface area contributed by atoms with E-state index in [0.717, 1.165) is 23.7 Å². The lowest BCUT2D eigenvalue weighted by Gasteiger charge is -2.29. The van der Waals surface area contributed by atoms with Gasteiger partial charge in [0.2, 0.25) is 0 Å². The molecule has 2 saturated carbocycles. The lowest BCUT2D eigenvalue weighted by molar-refractivity contribution is 0.236. The molecular formula is C22H40. The number of unbranched alkanes of at least 4 members (excludes halogenated alkanes) is 1. The summed E-state index contributed by atoms with van der Waals surface area (Å²) in [5, 5.41) is 0. The van der Waals surface area contributed by atoms with Crippen molar-refractivity contribution in [1.29, 1.82) is 0 Å². The predicted molar refractivity (Wildman–Crippen MR) is 99.1 cm³/mol. The van der Waals surface area contributed by atoms with E-state index >= 15 is 0 Å². The molecule has 0 aromatic heterocycles. The summed E-state index contributed by atoms with van der Waals surface area (Å²) in [6.45, 7) is 6.23. The lowest BCUT2D eigenvalue weighted by Crippen LogP contribution is -2.15. The zero-order chi connectivity index (χ0) is 15.6. The fourth-order valence-electron chi connectivity index (χ4n) is 4.96. The number of allylic oxidation sites excluding steroid dienone is 1.